The fourth-order valence-corrected chi connectivity index (χ4v) is 3.11. The second kappa shape index (κ2) is 6.05. The fraction of sp³-hybridized carbons (Fsp3) is 0.467. The molecular formula is C15H19NO4. The topological polar surface area (TPSA) is 86.6 Å². The highest BCUT2D eigenvalue weighted by Gasteiger charge is 2.43. The maximum Gasteiger partial charge on any atom is 0.321 e. The first-order valence-electron chi connectivity index (χ1n) is 6.73. The highest BCUT2D eigenvalue weighted by atomic mass is 16.4. The number of hydrogen-bond acceptors (Lipinski definition) is 3. The lowest BCUT2D eigenvalue weighted by Crippen LogP contribution is -2.37. The first-order chi connectivity index (χ1) is 9.50. The van der Waals surface area contributed by atoms with Crippen molar-refractivity contribution in [2.75, 3.05) is 6.54 Å². The lowest BCUT2D eigenvalue weighted by atomic mass is 9.77. The molecule has 0 amide bonds. The smallest absolute Gasteiger partial charge is 0.321 e. The van der Waals surface area contributed by atoms with Gasteiger partial charge in [0.25, 0.3) is 0 Å². The van der Waals surface area contributed by atoms with Crippen molar-refractivity contribution in [3.63, 3.8) is 0 Å². The summed E-state index contributed by atoms with van der Waals surface area (Å²) < 4.78 is 0. The molecule has 0 spiro atoms. The summed E-state index contributed by atoms with van der Waals surface area (Å²) in [4.78, 5) is 22.3. The zero-order valence-electron chi connectivity index (χ0n) is 11.3. The van der Waals surface area contributed by atoms with Crippen LogP contribution in [0, 0.1) is 11.8 Å². The minimum Gasteiger partial charge on any atom is -0.481 e. The van der Waals surface area contributed by atoms with E-state index in [0.717, 1.165) is 5.56 Å². The number of carboxylic acids is 2. The first kappa shape index (κ1) is 14.5. The van der Waals surface area contributed by atoms with Gasteiger partial charge in [-0.3, -0.25) is 9.59 Å². The molecule has 5 nitrogen and oxygen atoms in total. The highest BCUT2D eigenvalue weighted by molar-refractivity contribution is 5.76. The second-order valence-corrected chi connectivity index (χ2v) is 5.35. The molecule has 1 fully saturated rings. The van der Waals surface area contributed by atoms with E-state index in [2.05, 4.69) is 5.32 Å². The van der Waals surface area contributed by atoms with Gasteiger partial charge in [0, 0.05) is 0 Å². The van der Waals surface area contributed by atoms with Gasteiger partial charge in [0.05, 0.1) is 6.42 Å². The van der Waals surface area contributed by atoms with Gasteiger partial charge in [-0.1, -0.05) is 37.3 Å². The zero-order chi connectivity index (χ0) is 14.7. The van der Waals surface area contributed by atoms with Crippen molar-refractivity contribution in [1.82, 2.24) is 5.32 Å². The summed E-state index contributed by atoms with van der Waals surface area (Å²) in [5.74, 6) is -2.18. The summed E-state index contributed by atoms with van der Waals surface area (Å²) in [6, 6.07) is 9.03. The van der Waals surface area contributed by atoms with Crippen molar-refractivity contribution >= 4 is 11.9 Å². The van der Waals surface area contributed by atoms with Gasteiger partial charge in [0.2, 0.25) is 0 Å². The maximum absolute atomic E-state index is 11.2. The molecule has 1 aromatic rings. The fourth-order valence-electron chi connectivity index (χ4n) is 3.11. The molecule has 1 saturated heterocycles. The van der Waals surface area contributed by atoms with Crippen LogP contribution in [-0.2, 0) is 9.59 Å². The molecule has 0 aliphatic carbocycles. The molecule has 1 unspecified atom stereocenters. The SMILES string of the molecule is CC(c1ccccc1)[C@H]1CN[C@H](C(=O)O)[C@H]1CC(=O)O. The number of carbonyl (C=O) groups is 2. The standard InChI is InChI=1S/C15H19NO4/c1-9(10-5-3-2-4-6-10)12-8-16-14(15(19)20)11(12)7-13(17)18/h2-6,9,11-12,14,16H,7-8H2,1H3,(H,17,18)(H,19,20)/t9?,11-,12+,14-/m0/s1. The van der Waals surface area contributed by atoms with E-state index in [1.807, 2.05) is 37.3 Å². The quantitative estimate of drug-likeness (QED) is 0.760. The Kier molecular flexibility index (Phi) is 4.39. The van der Waals surface area contributed by atoms with Crippen LogP contribution in [0.2, 0.25) is 0 Å². The molecule has 1 aliphatic rings. The van der Waals surface area contributed by atoms with Crippen molar-refractivity contribution < 1.29 is 19.8 Å². The van der Waals surface area contributed by atoms with Gasteiger partial charge in [-0.15, -0.1) is 0 Å². The molecule has 3 N–H and O–H groups in total. The van der Waals surface area contributed by atoms with Crippen LogP contribution in [0.25, 0.3) is 0 Å². The lowest BCUT2D eigenvalue weighted by molar-refractivity contribution is -0.142. The average molecular weight is 277 g/mol. The van der Waals surface area contributed by atoms with Gasteiger partial charge >= 0.3 is 11.9 Å². The normalized spacial score (nSPS) is 27.1. The van der Waals surface area contributed by atoms with Crippen LogP contribution in [0.3, 0.4) is 0 Å². The predicted octanol–water partition coefficient (Wildman–Crippen LogP) is 1.55. The van der Waals surface area contributed by atoms with E-state index in [1.165, 1.54) is 0 Å². The van der Waals surface area contributed by atoms with Crippen LogP contribution >= 0.6 is 0 Å². The number of rotatable bonds is 5. The van der Waals surface area contributed by atoms with Gasteiger partial charge in [0.15, 0.2) is 0 Å². The van der Waals surface area contributed by atoms with E-state index in [4.69, 9.17) is 5.11 Å². The van der Waals surface area contributed by atoms with Gasteiger partial charge in [-0.25, -0.2) is 0 Å². The molecular weight excluding hydrogens is 258 g/mol. The van der Waals surface area contributed by atoms with Crippen LogP contribution in [0.15, 0.2) is 30.3 Å². The molecule has 1 aromatic carbocycles. The summed E-state index contributed by atoms with van der Waals surface area (Å²) in [5, 5.41) is 21.2. The van der Waals surface area contributed by atoms with Crippen molar-refractivity contribution in [3.8, 4) is 0 Å². The van der Waals surface area contributed by atoms with Crippen molar-refractivity contribution in [3.05, 3.63) is 35.9 Å². The van der Waals surface area contributed by atoms with Crippen LogP contribution in [0.5, 0.6) is 0 Å². The third-order valence-electron chi connectivity index (χ3n) is 4.20. The van der Waals surface area contributed by atoms with Gasteiger partial charge in [0.1, 0.15) is 6.04 Å². The Morgan fingerprint density at radius 2 is 1.95 bits per heavy atom. The Hall–Kier alpha value is -1.88. The molecule has 0 saturated carbocycles. The molecule has 0 aromatic heterocycles. The monoisotopic (exact) mass is 277 g/mol. The molecule has 108 valence electrons. The van der Waals surface area contributed by atoms with Gasteiger partial charge in [-0.2, -0.15) is 0 Å². The van der Waals surface area contributed by atoms with E-state index >= 15 is 0 Å². The Labute approximate surface area is 117 Å². The van der Waals surface area contributed by atoms with E-state index < -0.39 is 18.0 Å². The minimum absolute atomic E-state index is 0.00889. The van der Waals surface area contributed by atoms with E-state index in [-0.39, 0.29) is 24.2 Å². The second-order valence-electron chi connectivity index (χ2n) is 5.35. The van der Waals surface area contributed by atoms with E-state index in [9.17, 15) is 14.7 Å². The zero-order valence-corrected chi connectivity index (χ0v) is 11.3. The minimum atomic E-state index is -0.973. The van der Waals surface area contributed by atoms with Crippen molar-refractivity contribution in [1.29, 1.82) is 0 Å². The number of aliphatic carboxylic acids is 2. The molecule has 1 heterocycles. The molecule has 0 radical (unpaired) electrons. The van der Waals surface area contributed by atoms with Gasteiger partial charge < -0.3 is 15.5 Å². The summed E-state index contributed by atoms with van der Waals surface area (Å²) in [5.41, 5.74) is 1.11. The number of carboxylic acid groups (broad SMARTS) is 2. The molecule has 4 atom stereocenters. The average Bonchev–Trinajstić information content (AvgIpc) is 2.82. The molecule has 2 rings (SSSR count). The molecule has 0 bridgehead atoms. The summed E-state index contributed by atoms with van der Waals surface area (Å²) in [6.45, 7) is 2.56. The molecule has 20 heavy (non-hydrogen) atoms. The third-order valence-corrected chi connectivity index (χ3v) is 4.20. The maximum atomic E-state index is 11.2. The van der Waals surface area contributed by atoms with Crippen molar-refractivity contribution in [2.45, 2.75) is 25.3 Å². The largest absolute Gasteiger partial charge is 0.481 e. The Morgan fingerprint density at radius 3 is 2.50 bits per heavy atom. The number of nitrogens with one attached hydrogen (secondary N) is 1. The predicted molar refractivity (Wildman–Crippen MR) is 73.5 cm³/mol. The van der Waals surface area contributed by atoms with E-state index in [1.54, 1.807) is 0 Å². The Morgan fingerprint density at radius 1 is 1.30 bits per heavy atom. The van der Waals surface area contributed by atoms with Crippen molar-refractivity contribution in [2.24, 2.45) is 11.8 Å². The summed E-state index contributed by atoms with van der Waals surface area (Å²) in [6.07, 6.45) is -0.119. The Balaban J connectivity index is 2.21. The van der Waals surface area contributed by atoms with Crippen LogP contribution < -0.4 is 5.32 Å². The summed E-state index contributed by atoms with van der Waals surface area (Å²) in [7, 11) is 0. The van der Waals surface area contributed by atoms with Crippen LogP contribution in [-0.4, -0.2) is 34.7 Å². The number of benzene rings is 1. The molecule has 1 aliphatic heterocycles. The summed E-state index contributed by atoms with van der Waals surface area (Å²) >= 11 is 0. The molecule has 5 heteroatoms. The third kappa shape index (κ3) is 2.99. The van der Waals surface area contributed by atoms with E-state index in [0.29, 0.717) is 6.54 Å². The van der Waals surface area contributed by atoms with Crippen LogP contribution in [0.1, 0.15) is 24.8 Å². The number of hydrogen-bond donors (Lipinski definition) is 3. The highest BCUT2D eigenvalue weighted by Crippen LogP contribution is 2.37. The first-order valence-corrected chi connectivity index (χ1v) is 6.73. The lowest BCUT2D eigenvalue weighted by Gasteiger charge is -2.26. The van der Waals surface area contributed by atoms with Gasteiger partial charge in [-0.05, 0) is 29.9 Å². The van der Waals surface area contributed by atoms with Crippen LogP contribution in [0.4, 0.5) is 0 Å². The Bertz CT molecular complexity index is 488.